The number of para-hydroxylation sites is 1. The molecular weight excluding hydrogens is 462 g/mol. The van der Waals surface area contributed by atoms with Gasteiger partial charge in [-0.2, -0.15) is 4.98 Å². The van der Waals surface area contributed by atoms with Gasteiger partial charge in [-0.1, -0.05) is 31.1 Å². The SMILES string of the molecule is COc1cc2ncn(CCCC(=O)Nc3c(C)cccc3-c3nc(C(C)C)no3)c(=O)c2cc1OC. The third-order valence-electron chi connectivity index (χ3n) is 5.86. The van der Waals surface area contributed by atoms with Crippen LogP contribution in [0.4, 0.5) is 5.69 Å². The van der Waals surface area contributed by atoms with Gasteiger partial charge in [0, 0.05) is 24.9 Å². The van der Waals surface area contributed by atoms with Gasteiger partial charge >= 0.3 is 0 Å². The molecule has 0 unspecified atom stereocenters. The number of hydrogen-bond donors (Lipinski definition) is 1. The summed E-state index contributed by atoms with van der Waals surface area (Å²) in [6.07, 6.45) is 2.15. The van der Waals surface area contributed by atoms with E-state index in [-0.39, 0.29) is 23.8 Å². The van der Waals surface area contributed by atoms with Crippen molar-refractivity contribution in [3.63, 3.8) is 0 Å². The number of amides is 1. The number of rotatable bonds is 9. The lowest BCUT2D eigenvalue weighted by atomic mass is 10.1. The standard InChI is InChI=1S/C26H29N5O5/c1-15(2)24-29-25(36-30-24)17-9-6-8-16(3)23(17)28-22(32)10-7-11-31-14-27-19-13-21(35-5)20(34-4)12-18(19)26(31)33/h6,8-9,12-15H,7,10-11H2,1-5H3,(H,28,32). The number of nitrogens with one attached hydrogen (secondary N) is 1. The van der Waals surface area contributed by atoms with E-state index in [2.05, 4.69) is 20.4 Å². The number of aryl methyl sites for hydroxylation is 2. The third-order valence-corrected chi connectivity index (χ3v) is 5.86. The Bertz CT molecular complexity index is 1460. The van der Waals surface area contributed by atoms with Crippen molar-refractivity contribution < 1.29 is 18.8 Å². The minimum absolute atomic E-state index is 0.126. The second-order valence-corrected chi connectivity index (χ2v) is 8.73. The van der Waals surface area contributed by atoms with Crippen LogP contribution in [-0.4, -0.2) is 39.8 Å². The van der Waals surface area contributed by atoms with E-state index in [4.69, 9.17) is 14.0 Å². The highest BCUT2D eigenvalue weighted by molar-refractivity contribution is 5.95. The summed E-state index contributed by atoms with van der Waals surface area (Å²) >= 11 is 0. The van der Waals surface area contributed by atoms with Crippen LogP contribution in [0.15, 0.2) is 46.0 Å². The molecule has 4 rings (SSSR count). The van der Waals surface area contributed by atoms with Gasteiger partial charge in [-0.3, -0.25) is 14.2 Å². The fourth-order valence-corrected chi connectivity index (χ4v) is 3.85. The van der Waals surface area contributed by atoms with Crippen molar-refractivity contribution in [2.24, 2.45) is 0 Å². The lowest BCUT2D eigenvalue weighted by Crippen LogP contribution is -2.22. The van der Waals surface area contributed by atoms with Crippen molar-refractivity contribution in [3.8, 4) is 23.0 Å². The Morgan fingerprint density at radius 2 is 1.92 bits per heavy atom. The molecule has 10 heteroatoms. The number of carbonyl (C=O) groups excluding carboxylic acids is 1. The molecule has 4 aromatic rings. The van der Waals surface area contributed by atoms with E-state index in [0.717, 1.165) is 5.56 Å². The Morgan fingerprint density at radius 1 is 1.17 bits per heavy atom. The van der Waals surface area contributed by atoms with Crippen molar-refractivity contribution in [2.75, 3.05) is 19.5 Å². The molecule has 1 N–H and O–H groups in total. The summed E-state index contributed by atoms with van der Waals surface area (Å²) in [6, 6.07) is 8.91. The highest BCUT2D eigenvalue weighted by atomic mass is 16.5. The molecule has 0 saturated heterocycles. The van der Waals surface area contributed by atoms with Crippen LogP contribution in [0, 0.1) is 6.92 Å². The van der Waals surface area contributed by atoms with Crippen LogP contribution in [0.3, 0.4) is 0 Å². The molecule has 0 aliphatic rings. The summed E-state index contributed by atoms with van der Waals surface area (Å²) in [5.74, 6) is 1.87. The monoisotopic (exact) mass is 491 g/mol. The molecule has 0 atom stereocenters. The maximum absolute atomic E-state index is 13.0. The van der Waals surface area contributed by atoms with Gasteiger partial charge in [0.05, 0.1) is 42.7 Å². The van der Waals surface area contributed by atoms with Gasteiger partial charge in [-0.05, 0) is 31.0 Å². The zero-order valence-corrected chi connectivity index (χ0v) is 21.0. The Morgan fingerprint density at radius 3 is 2.61 bits per heavy atom. The second-order valence-electron chi connectivity index (χ2n) is 8.73. The van der Waals surface area contributed by atoms with E-state index in [0.29, 0.717) is 58.3 Å². The molecule has 0 fully saturated rings. The molecule has 0 radical (unpaired) electrons. The summed E-state index contributed by atoms with van der Waals surface area (Å²) in [6.45, 7) is 6.21. The normalized spacial score (nSPS) is 11.2. The summed E-state index contributed by atoms with van der Waals surface area (Å²) in [4.78, 5) is 34.6. The molecule has 2 aromatic carbocycles. The second kappa shape index (κ2) is 10.6. The van der Waals surface area contributed by atoms with E-state index in [1.165, 1.54) is 25.1 Å². The molecular formula is C26H29N5O5. The molecule has 36 heavy (non-hydrogen) atoms. The van der Waals surface area contributed by atoms with Gasteiger partial charge in [-0.15, -0.1) is 0 Å². The van der Waals surface area contributed by atoms with Gasteiger partial charge in [0.15, 0.2) is 17.3 Å². The quantitative estimate of drug-likeness (QED) is 0.368. The Labute approximate surface area is 208 Å². The number of benzene rings is 2. The van der Waals surface area contributed by atoms with Crippen LogP contribution in [0.1, 0.15) is 44.0 Å². The first kappa shape index (κ1) is 24.9. The average molecular weight is 492 g/mol. The molecule has 0 bridgehead atoms. The van der Waals surface area contributed by atoms with E-state index in [1.807, 2.05) is 39.0 Å². The van der Waals surface area contributed by atoms with Crippen LogP contribution in [-0.2, 0) is 11.3 Å². The van der Waals surface area contributed by atoms with Gasteiger partial charge in [0.25, 0.3) is 11.4 Å². The number of hydrogen-bond acceptors (Lipinski definition) is 8. The fraction of sp³-hybridized carbons (Fsp3) is 0.346. The maximum Gasteiger partial charge on any atom is 0.261 e. The lowest BCUT2D eigenvalue weighted by Gasteiger charge is -2.12. The first-order valence-corrected chi connectivity index (χ1v) is 11.7. The number of methoxy groups -OCH3 is 2. The number of fused-ring (bicyclic) bond motifs is 1. The zero-order valence-electron chi connectivity index (χ0n) is 21.0. The molecule has 0 aliphatic heterocycles. The molecule has 188 valence electrons. The van der Waals surface area contributed by atoms with Crippen LogP contribution < -0.4 is 20.3 Å². The highest BCUT2D eigenvalue weighted by Gasteiger charge is 2.18. The number of anilines is 1. The molecule has 2 heterocycles. The van der Waals surface area contributed by atoms with Crippen LogP contribution in [0.5, 0.6) is 11.5 Å². The Kier molecular flexibility index (Phi) is 7.33. The van der Waals surface area contributed by atoms with Gasteiger partial charge in [0.2, 0.25) is 5.91 Å². The minimum Gasteiger partial charge on any atom is -0.493 e. The van der Waals surface area contributed by atoms with E-state index in [1.54, 1.807) is 12.1 Å². The van der Waals surface area contributed by atoms with Gasteiger partial charge in [-0.25, -0.2) is 4.98 Å². The van der Waals surface area contributed by atoms with Crippen molar-refractivity contribution in [1.29, 1.82) is 0 Å². The minimum atomic E-state index is -0.208. The number of ether oxygens (including phenoxy) is 2. The van der Waals surface area contributed by atoms with E-state index in [9.17, 15) is 9.59 Å². The molecule has 0 saturated carbocycles. The van der Waals surface area contributed by atoms with Gasteiger partial charge < -0.3 is 19.3 Å². The average Bonchev–Trinajstić information content (AvgIpc) is 3.36. The third kappa shape index (κ3) is 5.07. The number of nitrogens with zero attached hydrogens (tertiary/aromatic N) is 4. The topological polar surface area (TPSA) is 121 Å². The van der Waals surface area contributed by atoms with E-state index < -0.39 is 0 Å². The first-order chi connectivity index (χ1) is 17.3. The van der Waals surface area contributed by atoms with Crippen LogP contribution in [0.25, 0.3) is 22.4 Å². The van der Waals surface area contributed by atoms with Gasteiger partial charge in [0.1, 0.15) is 0 Å². The lowest BCUT2D eigenvalue weighted by molar-refractivity contribution is -0.116. The van der Waals surface area contributed by atoms with Crippen molar-refractivity contribution in [2.45, 2.75) is 46.1 Å². The molecule has 0 spiro atoms. The maximum atomic E-state index is 13.0. The fourth-order valence-electron chi connectivity index (χ4n) is 3.85. The van der Waals surface area contributed by atoms with Crippen molar-refractivity contribution in [3.05, 3.63) is 58.4 Å². The molecule has 0 aliphatic carbocycles. The summed E-state index contributed by atoms with van der Waals surface area (Å²) in [7, 11) is 3.04. The summed E-state index contributed by atoms with van der Waals surface area (Å²) in [5.41, 5.74) is 2.49. The zero-order chi connectivity index (χ0) is 25.8. The molecule has 1 amide bonds. The van der Waals surface area contributed by atoms with Crippen LogP contribution in [0.2, 0.25) is 0 Å². The number of carbonyl (C=O) groups is 1. The smallest absolute Gasteiger partial charge is 0.261 e. The predicted molar refractivity (Wildman–Crippen MR) is 136 cm³/mol. The van der Waals surface area contributed by atoms with Crippen molar-refractivity contribution >= 4 is 22.5 Å². The molecule has 2 aromatic heterocycles. The predicted octanol–water partition coefficient (Wildman–Crippen LogP) is 4.31. The van der Waals surface area contributed by atoms with E-state index >= 15 is 0 Å². The summed E-state index contributed by atoms with van der Waals surface area (Å²) in [5, 5.41) is 7.42. The number of aromatic nitrogens is 4. The summed E-state index contributed by atoms with van der Waals surface area (Å²) < 4.78 is 17.5. The highest BCUT2D eigenvalue weighted by Crippen LogP contribution is 2.31. The largest absolute Gasteiger partial charge is 0.493 e. The Hall–Kier alpha value is -4.21. The molecule has 10 nitrogen and oxygen atoms in total. The first-order valence-electron chi connectivity index (χ1n) is 11.7. The van der Waals surface area contributed by atoms with Crippen LogP contribution >= 0.6 is 0 Å². The van der Waals surface area contributed by atoms with Crippen molar-refractivity contribution in [1.82, 2.24) is 19.7 Å². The Balaban J connectivity index is 1.46.